The van der Waals surface area contributed by atoms with Crippen molar-refractivity contribution < 1.29 is 0 Å². The highest BCUT2D eigenvalue weighted by atomic mass is 32.1. The van der Waals surface area contributed by atoms with Gasteiger partial charge >= 0.3 is 0 Å². The van der Waals surface area contributed by atoms with Crippen LogP contribution >= 0.6 is 22.7 Å². The van der Waals surface area contributed by atoms with Crippen molar-refractivity contribution in [2.75, 3.05) is 0 Å². The second-order valence-corrected chi connectivity index (χ2v) is 5.42. The Labute approximate surface area is 104 Å². The van der Waals surface area contributed by atoms with Gasteiger partial charge in [-0.05, 0) is 12.1 Å². The van der Waals surface area contributed by atoms with E-state index in [1.807, 2.05) is 24.4 Å². The van der Waals surface area contributed by atoms with E-state index >= 15 is 0 Å². The van der Waals surface area contributed by atoms with Crippen molar-refractivity contribution in [1.82, 2.24) is 19.6 Å². The van der Waals surface area contributed by atoms with Gasteiger partial charge in [-0.15, -0.1) is 11.3 Å². The number of aromatic nitrogens is 4. The van der Waals surface area contributed by atoms with Crippen molar-refractivity contribution >= 4 is 37.9 Å². The van der Waals surface area contributed by atoms with E-state index < -0.39 is 0 Å². The number of hydrogen-bond acceptors (Lipinski definition) is 5. The lowest BCUT2D eigenvalue weighted by molar-refractivity contribution is 0.974. The summed E-state index contributed by atoms with van der Waals surface area (Å²) < 4.78 is 2.97. The largest absolute Gasteiger partial charge is 0.234 e. The highest BCUT2D eigenvalue weighted by Gasteiger charge is 2.10. The third kappa shape index (κ3) is 1.38. The van der Waals surface area contributed by atoms with Crippen LogP contribution in [0.15, 0.2) is 36.0 Å². The predicted molar refractivity (Wildman–Crippen MR) is 69.5 cm³/mol. The molecule has 0 unspecified atom stereocenters. The monoisotopic (exact) mass is 258 g/mol. The van der Waals surface area contributed by atoms with E-state index in [2.05, 4.69) is 21.1 Å². The van der Waals surface area contributed by atoms with Crippen LogP contribution in [0.3, 0.4) is 0 Å². The Hall–Kier alpha value is -1.79. The number of fused-ring (bicyclic) bond motifs is 2. The first kappa shape index (κ1) is 9.26. The molecule has 3 aromatic heterocycles. The second kappa shape index (κ2) is 3.35. The Morgan fingerprint density at radius 2 is 2.06 bits per heavy atom. The lowest BCUT2D eigenvalue weighted by atomic mass is 10.3. The molecule has 4 rings (SSSR count). The number of benzene rings is 1. The normalized spacial score (nSPS) is 11.5. The Morgan fingerprint density at radius 3 is 2.94 bits per heavy atom. The van der Waals surface area contributed by atoms with E-state index in [1.54, 1.807) is 21.4 Å². The fourth-order valence-electron chi connectivity index (χ4n) is 1.72. The number of thiazole rings is 1. The van der Waals surface area contributed by atoms with Crippen LogP contribution in [0.5, 0.6) is 0 Å². The van der Waals surface area contributed by atoms with Crippen LogP contribution in [0, 0.1) is 0 Å². The van der Waals surface area contributed by atoms with Crippen LogP contribution in [0.1, 0.15) is 0 Å². The number of nitrogens with zero attached hydrogens (tertiary/aromatic N) is 4. The first-order valence-corrected chi connectivity index (χ1v) is 6.74. The highest BCUT2D eigenvalue weighted by molar-refractivity contribution is 7.21. The minimum absolute atomic E-state index is 0.894. The first-order valence-electron chi connectivity index (χ1n) is 5.05. The van der Waals surface area contributed by atoms with E-state index in [0.717, 1.165) is 21.2 Å². The molecule has 0 bridgehead atoms. The minimum atomic E-state index is 0.894. The fourth-order valence-corrected chi connectivity index (χ4v) is 3.25. The van der Waals surface area contributed by atoms with Crippen molar-refractivity contribution in [3.8, 4) is 10.7 Å². The zero-order valence-electron chi connectivity index (χ0n) is 8.57. The molecule has 0 radical (unpaired) electrons. The van der Waals surface area contributed by atoms with Crippen LogP contribution < -0.4 is 0 Å². The number of para-hydroxylation sites is 1. The molecule has 17 heavy (non-hydrogen) atoms. The van der Waals surface area contributed by atoms with Crippen LogP contribution in [0.25, 0.3) is 25.9 Å². The molecule has 0 N–H and O–H groups in total. The molecule has 0 aliphatic carbocycles. The summed E-state index contributed by atoms with van der Waals surface area (Å²) in [5.74, 6) is 0. The van der Waals surface area contributed by atoms with Crippen LogP contribution in [0.4, 0.5) is 0 Å². The predicted octanol–water partition coefficient (Wildman–Crippen LogP) is 3.07. The molecular weight excluding hydrogens is 252 g/mol. The molecule has 82 valence electrons. The maximum absolute atomic E-state index is 4.58. The summed E-state index contributed by atoms with van der Waals surface area (Å²) in [5.41, 5.74) is 3.70. The zero-order valence-corrected chi connectivity index (χ0v) is 10.2. The molecule has 4 aromatic rings. The van der Waals surface area contributed by atoms with Crippen molar-refractivity contribution in [3.63, 3.8) is 0 Å². The third-order valence-electron chi connectivity index (χ3n) is 2.50. The van der Waals surface area contributed by atoms with Crippen LogP contribution in [0.2, 0.25) is 0 Å². The molecule has 0 aliphatic heterocycles. The lowest BCUT2D eigenvalue weighted by Crippen LogP contribution is -1.76. The van der Waals surface area contributed by atoms with E-state index in [-0.39, 0.29) is 0 Å². The summed E-state index contributed by atoms with van der Waals surface area (Å²) in [4.78, 5) is 9.98. The van der Waals surface area contributed by atoms with E-state index in [0.29, 0.717) is 0 Å². The standard InChI is InChI=1S/C11H6N4S2/c1-2-4-9-7(3-1)13-10(17-9)8-5-15-11(14-8)16-6-12-15/h1-6H. The summed E-state index contributed by atoms with van der Waals surface area (Å²) in [5, 5.41) is 5.12. The first-order chi connectivity index (χ1) is 8.40. The molecular formula is C11H6N4S2. The average molecular weight is 258 g/mol. The molecule has 0 aliphatic rings. The van der Waals surface area contributed by atoms with E-state index in [1.165, 1.54) is 16.0 Å². The van der Waals surface area contributed by atoms with Gasteiger partial charge in [0.25, 0.3) is 0 Å². The second-order valence-electron chi connectivity index (χ2n) is 3.58. The fraction of sp³-hybridized carbons (Fsp3) is 0. The molecule has 4 nitrogen and oxygen atoms in total. The van der Waals surface area contributed by atoms with Crippen LogP contribution in [-0.4, -0.2) is 19.6 Å². The molecule has 0 spiro atoms. The molecule has 0 amide bonds. The zero-order chi connectivity index (χ0) is 11.2. The molecule has 6 heteroatoms. The SMILES string of the molecule is c1ccc2sc(-c3cn4ncsc4n3)nc2c1. The highest BCUT2D eigenvalue weighted by Crippen LogP contribution is 2.29. The van der Waals surface area contributed by atoms with Crippen molar-refractivity contribution in [1.29, 1.82) is 0 Å². The van der Waals surface area contributed by atoms with Gasteiger partial charge < -0.3 is 0 Å². The van der Waals surface area contributed by atoms with Gasteiger partial charge in [0.05, 0.1) is 16.4 Å². The van der Waals surface area contributed by atoms with Crippen molar-refractivity contribution in [2.45, 2.75) is 0 Å². The summed E-state index contributed by atoms with van der Waals surface area (Å²) in [6.07, 6.45) is 1.92. The van der Waals surface area contributed by atoms with Crippen LogP contribution in [-0.2, 0) is 0 Å². The molecule has 0 saturated heterocycles. The number of imidazole rings is 1. The quantitative estimate of drug-likeness (QED) is 0.527. The number of hydrogen-bond donors (Lipinski definition) is 0. The van der Waals surface area contributed by atoms with Gasteiger partial charge in [0.15, 0.2) is 0 Å². The summed E-state index contributed by atoms with van der Waals surface area (Å²) in [6.45, 7) is 0. The smallest absolute Gasteiger partial charge is 0.212 e. The van der Waals surface area contributed by atoms with E-state index in [9.17, 15) is 0 Å². The molecule has 0 saturated carbocycles. The minimum Gasteiger partial charge on any atom is -0.234 e. The summed E-state index contributed by atoms with van der Waals surface area (Å²) in [6, 6.07) is 8.12. The van der Waals surface area contributed by atoms with Gasteiger partial charge in [0.2, 0.25) is 4.96 Å². The maximum Gasteiger partial charge on any atom is 0.212 e. The Kier molecular flexibility index (Phi) is 1.82. The molecule has 0 fully saturated rings. The molecule has 3 heterocycles. The van der Waals surface area contributed by atoms with Crippen molar-refractivity contribution in [3.05, 3.63) is 36.0 Å². The van der Waals surface area contributed by atoms with Gasteiger partial charge in [-0.2, -0.15) is 5.10 Å². The molecule has 0 atom stereocenters. The van der Waals surface area contributed by atoms with Gasteiger partial charge in [-0.3, -0.25) is 0 Å². The third-order valence-corrected chi connectivity index (χ3v) is 4.25. The van der Waals surface area contributed by atoms with Gasteiger partial charge in [-0.25, -0.2) is 14.5 Å². The molecule has 1 aromatic carbocycles. The van der Waals surface area contributed by atoms with Crippen molar-refractivity contribution in [2.24, 2.45) is 0 Å². The van der Waals surface area contributed by atoms with E-state index in [4.69, 9.17) is 0 Å². The Balaban J connectivity index is 1.95. The lowest BCUT2D eigenvalue weighted by Gasteiger charge is -1.83. The average Bonchev–Trinajstić information content (AvgIpc) is 3.01. The Morgan fingerprint density at radius 1 is 1.12 bits per heavy atom. The summed E-state index contributed by atoms with van der Waals surface area (Å²) in [7, 11) is 0. The van der Waals surface area contributed by atoms with Gasteiger partial charge in [0.1, 0.15) is 16.2 Å². The topological polar surface area (TPSA) is 43.1 Å². The Bertz CT molecular complexity index is 749. The summed E-state index contributed by atoms with van der Waals surface area (Å²) >= 11 is 3.19. The van der Waals surface area contributed by atoms with Gasteiger partial charge in [-0.1, -0.05) is 23.5 Å². The maximum atomic E-state index is 4.58. The number of rotatable bonds is 1. The van der Waals surface area contributed by atoms with Gasteiger partial charge in [0, 0.05) is 0 Å².